The van der Waals surface area contributed by atoms with Gasteiger partial charge in [0.1, 0.15) is 11.4 Å². The number of amides is 2. The minimum absolute atomic E-state index is 0.000925. The monoisotopic (exact) mass is 657 g/mol. The summed E-state index contributed by atoms with van der Waals surface area (Å²) in [5.41, 5.74) is 2.88. The van der Waals surface area contributed by atoms with E-state index in [1.54, 1.807) is 29.7 Å². The lowest BCUT2D eigenvalue weighted by atomic mass is 9.90. The minimum atomic E-state index is -1.80. The van der Waals surface area contributed by atoms with Gasteiger partial charge >= 0.3 is 12.0 Å². The summed E-state index contributed by atoms with van der Waals surface area (Å²) in [5, 5.41) is 33.0. The second-order valence-electron chi connectivity index (χ2n) is 10.8. The molecule has 0 saturated heterocycles. The molecule has 242 valence electrons. The first-order valence-corrected chi connectivity index (χ1v) is 15.3. The first kappa shape index (κ1) is 31.7. The van der Waals surface area contributed by atoms with E-state index in [1.165, 1.54) is 19.5 Å². The van der Waals surface area contributed by atoms with Gasteiger partial charge in [-0.2, -0.15) is 5.10 Å². The number of hydrogen-bond donors (Lipinski definition) is 5. The molecule has 4 aromatic heterocycles. The van der Waals surface area contributed by atoms with E-state index in [0.29, 0.717) is 60.9 Å². The number of hydrogen-bond acceptors (Lipinski definition) is 12. The van der Waals surface area contributed by atoms with E-state index >= 15 is 0 Å². The third kappa shape index (κ3) is 7.43. The van der Waals surface area contributed by atoms with Gasteiger partial charge in [0, 0.05) is 42.8 Å². The summed E-state index contributed by atoms with van der Waals surface area (Å²) in [6.07, 6.45) is 10.1. The molecule has 0 spiro atoms. The van der Waals surface area contributed by atoms with Crippen molar-refractivity contribution in [3.05, 3.63) is 83.7 Å². The molecule has 1 fully saturated rings. The fraction of sp³-hybridized carbons (Fsp3) is 0.290. The number of nitrogens with zero attached hydrogens (tertiary/aromatic N) is 8. The standard InChI is InChI=1S/C31H32ClN11O4/c1-47-30-36-12-19(13-37-30)24-16-34-25(17-33-24)43(31(46)38-11-18-5-3-2-4-6-18)21-9-7-20(8-10-21)40-29-35-14-22(28(44)45)26(41-29)27-23(32)15-39-42-27/h2-6,12-17,20-21,28,44-45H,7-11H2,1H3,(H,38,46)(H,39,42)(H,35,40,41). The maximum atomic E-state index is 13.7. The van der Waals surface area contributed by atoms with Gasteiger partial charge < -0.3 is 25.6 Å². The van der Waals surface area contributed by atoms with E-state index in [1.807, 2.05) is 30.3 Å². The second kappa shape index (κ2) is 14.5. The number of benzene rings is 1. The van der Waals surface area contributed by atoms with Crippen LogP contribution in [0.5, 0.6) is 6.01 Å². The number of ether oxygens (including phenoxy) is 1. The van der Waals surface area contributed by atoms with Crippen molar-refractivity contribution in [2.75, 3.05) is 17.3 Å². The van der Waals surface area contributed by atoms with E-state index in [0.717, 1.165) is 5.56 Å². The summed E-state index contributed by atoms with van der Waals surface area (Å²) in [7, 11) is 1.49. The Morgan fingerprint density at radius 2 is 1.77 bits per heavy atom. The molecule has 0 radical (unpaired) electrons. The van der Waals surface area contributed by atoms with Crippen LogP contribution in [0.15, 0.2) is 67.5 Å². The van der Waals surface area contributed by atoms with Crippen LogP contribution in [0, 0.1) is 0 Å². The fourth-order valence-electron chi connectivity index (χ4n) is 5.41. The molecule has 16 heteroatoms. The van der Waals surface area contributed by atoms with Crippen LogP contribution in [0.3, 0.4) is 0 Å². The quantitative estimate of drug-likeness (QED) is 0.136. The Kier molecular flexibility index (Phi) is 9.75. The smallest absolute Gasteiger partial charge is 0.323 e. The predicted octanol–water partition coefficient (Wildman–Crippen LogP) is 3.90. The summed E-state index contributed by atoms with van der Waals surface area (Å²) in [6, 6.07) is 9.51. The van der Waals surface area contributed by atoms with Gasteiger partial charge in [-0.05, 0) is 31.2 Å². The van der Waals surface area contributed by atoms with Gasteiger partial charge in [0.25, 0.3) is 0 Å². The number of halogens is 1. The predicted molar refractivity (Wildman–Crippen MR) is 172 cm³/mol. The average molecular weight is 658 g/mol. The molecule has 2 amide bonds. The van der Waals surface area contributed by atoms with Gasteiger partial charge in [-0.3, -0.25) is 15.0 Å². The SMILES string of the molecule is COc1ncc(-c2cnc(N(C(=O)NCc3ccccc3)C3CCC(Nc4ncc(C(O)O)c(-c5[nH]ncc5Cl)n4)CC3)cn2)cn1. The number of aliphatic hydroxyl groups excluding tert-OH is 1. The van der Waals surface area contributed by atoms with Crippen LogP contribution < -0.4 is 20.3 Å². The lowest BCUT2D eigenvalue weighted by molar-refractivity contribution is -0.0424. The fourth-order valence-corrected chi connectivity index (χ4v) is 5.59. The van der Waals surface area contributed by atoms with Crippen LogP contribution >= 0.6 is 11.6 Å². The second-order valence-corrected chi connectivity index (χ2v) is 11.3. The number of carbonyl (C=O) groups is 1. The number of nitrogens with one attached hydrogen (secondary N) is 3. The number of anilines is 2. The Balaban J connectivity index is 1.17. The maximum absolute atomic E-state index is 13.7. The molecule has 47 heavy (non-hydrogen) atoms. The van der Waals surface area contributed by atoms with Crippen LogP contribution in [-0.2, 0) is 6.54 Å². The van der Waals surface area contributed by atoms with Gasteiger partial charge in [-0.25, -0.2) is 29.7 Å². The van der Waals surface area contributed by atoms with Gasteiger partial charge in [-0.15, -0.1) is 0 Å². The molecule has 0 bridgehead atoms. The molecule has 5 aromatic rings. The van der Waals surface area contributed by atoms with Crippen molar-refractivity contribution in [1.82, 2.24) is 45.4 Å². The normalized spacial score (nSPS) is 16.1. The van der Waals surface area contributed by atoms with Crippen molar-refractivity contribution in [3.8, 4) is 28.7 Å². The molecule has 0 aliphatic heterocycles. The number of rotatable bonds is 10. The van der Waals surface area contributed by atoms with Crippen molar-refractivity contribution in [1.29, 1.82) is 0 Å². The van der Waals surface area contributed by atoms with Crippen molar-refractivity contribution in [3.63, 3.8) is 0 Å². The summed E-state index contributed by atoms with van der Waals surface area (Å²) in [5.74, 6) is 0.729. The summed E-state index contributed by atoms with van der Waals surface area (Å²) < 4.78 is 5.04. The summed E-state index contributed by atoms with van der Waals surface area (Å²) in [6.45, 7) is 0.361. The van der Waals surface area contributed by atoms with Crippen molar-refractivity contribution >= 4 is 29.4 Å². The Hall–Kier alpha value is -5.25. The highest BCUT2D eigenvalue weighted by atomic mass is 35.5. The highest BCUT2D eigenvalue weighted by molar-refractivity contribution is 6.32. The lowest BCUT2D eigenvalue weighted by Gasteiger charge is -2.36. The Morgan fingerprint density at radius 1 is 1.00 bits per heavy atom. The number of aromatic nitrogens is 8. The topological polar surface area (TPSA) is 200 Å². The van der Waals surface area contributed by atoms with E-state index in [4.69, 9.17) is 16.3 Å². The highest BCUT2D eigenvalue weighted by Crippen LogP contribution is 2.32. The van der Waals surface area contributed by atoms with E-state index in [9.17, 15) is 15.0 Å². The molecular weight excluding hydrogens is 626 g/mol. The molecule has 1 aromatic carbocycles. The number of aromatic amines is 1. The maximum Gasteiger partial charge on any atom is 0.323 e. The zero-order valence-electron chi connectivity index (χ0n) is 25.3. The van der Waals surface area contributed by atoms with E-state index in [2.05, 4.69) is 50.7 Å². The lowest BCUT2D eigenvalue weighted by Crippen LogP contribution is -2.49. The van der Waals surface area contributed by atoms with Gasteiger partial charge in [-0.1, -0.05) is 41.9 Å². The van der Waals surface area contributed by atoms with Crippen LogP contribution in [-0.4, -0.2) is 75.5 Å². The summed E-state index contributed by atoms with van der Waals surface area (Å²) in [4.78, 5) is 41.6. The molecule has 0 atom stereocenters. The molecular formula is C31H32ClN11O4. The number of methoxy groups -OCH3 is 1. The molecule has 1 saturated carbocycles. The van der Waals surface area contributed by atoms with Crippen LogP contribution in [0.1, 0.15) is 43.1 Å². The Labute approximate surface area is 274 Å². The number of carbonyl (C=O) groups excluding carboxylic acids is 1. The van der Waals surface area contributed by atoms with Crippen molar-refractivity contribution < 1.29 is 19.7 Å². The third-order valence-corrected chi connectivity index (χ3v) is 8.10. The van der Waals surface area contributed by atoms with E-state index in [-0.39, 0.29) is 40.4 Å². The zero-order chi connectivity index (χ0) is 32.8. The van der Waals surface area contributed by atoms with Gasteiger partial charge in [0.15, 0.2) is 12.1 Å². The van der Waals surface area contributed by atoms with Crippen LogP contribution in [0.2, 0.25) is 5.02 Å². The molecule has 6 rings (SSSR count). The molecule has 1 aliphatic rings. The van der Waals surface area contributed by atoms with Gasteiger partial charge in [0.2, 0.25) is 5.95 Å². The molecule has 5 N–H and O–H groups in total. The third-order valence-electron chi connectivity index (χ3n) is 7.82. The minimum Gasteiger partial charge on any atom is -0.467 e. The zero-order valence-corrected chi connectivity index (χ0v) is 26.0. The number of aliphatic hydroxyl groups is 2. The summed E-state index contributed by atoms with van der Waals surface area (Å²) >= 11 is 6.23. The Bertz CT molecular complexity index is 1780. The molecule has 0 unspecified atom stereocenters. The first-order chi connectivity index (χ1) is 22.9. The Morgan fingerprint density at radius 3 is 2.40 bits per heavy atom. The number of urea groups is 1. The largest absolute Gasteiger partial charge is 0.467 e. The van der Waals surface area contributed by atoms with Crippen LogP contribution in [0.4, 0.5) is 16.6 Å². The van der Waals surface area contributed by atoms with Crippen LogP contribution in [0.25, 0.3) is 22.6 Å². The van der Waals surface area contributed by atoms with E-state index < -0.39 is 6.29 Å². The first-order valence-electron chi connectivity index (χ1n) is 14.9. The molecule has 15 nitrogen and oxygen atoms in total. The molecule has 1 aliphatic carbocycles. The van der Waals surface area contributed by atoms with Crippen molar-refractivity contribution in [2.45, 2.75) is 50.6 Å². The average Bonchev–Trinajstić information content (AvgIpc) is 3.54. The van der Waals surface area contributed by atoms with Gasteiger partial charge in [0.05, 0.1) is 42.0 Å². The van der Waals surface area contributed by atoms with Crippen molar-refractivity contribution in [2.24, 2.45) is 0 Å². The highest BCUT2D eigenvalue weighted by Gasteiger charge is 2.32. The number of H-pyrrole nitrogens is 1. The molecule has 4 heterocycles.